The molecule has 1 N–H and O–H groups in total. The maximum atomic E-state index is 12.9. The van der Waals surface area contributed by atoms with Gasteiger partial charge in [0.05, 0.1) is 17.7 Å². The SMILES string of the molecule is CCCCn1c(=O)c2sccc2n(CC(=O)Nc2ccc(C(=O)OCC)cc2)c1=O. The van der Waals surface area contributed by atoms with Crippen LogP contribution in [-0.2, 0) is 22.6 Å². The molecule has 1 amide bonds. The molecule has 0 atom stereocenters. The van der Waals surface area contributed by atoms with Crippen molar-refractivity contribution in [2.75, 3.05) is 11.9 Å². The summed E-state index contributed by atoms with van der Waals surface area (Å²) in [5.41, 5.74) is 0.517. The van der Waals surface area contributed by atoms with Crippen molar-refractivity contribution in [2.45, 2.75) is 39.8 Å². The molecule has 2 aromatic heterocycles. The van der Waals surface area contributed by atoms with E-state index in [0.717, 1.165) is 6.42 Å². The summed E-state index contributed by atoms with van der Waals surface area (Å²) in [7, 11) is 0. The number of thiophene rings is 1. The predicted octanol–water partition coefficient (Wildman–Crippen LogP) is 2.84. The van der Waals surface area contributed by atoms with Crippen LogP contribution in [0.2, 0.25) is 0 Å². The van der Waals surface area contributed by atoms with Gasteiger partial charge in [-0.1, -0.05) is 13.3 Å². The van der Waals surface area contributed by atoms with Gasteiger partial charge in [0.2, 0.25) is 5.91 Å². The molecule has 30 heavy (non-hydrogen) atoms. The molecule has 0 aliphatic carbocycles. The minimum atomic E-state index is -0.493. The van der Waals surface area contributed by atoms with Crippen LogP contribution in [0.1, 0.15) is 37.0 Å². The number of benzene rings is 1. The lowest BCUT2D eigenvalue weighted by Crippen LogP contribution is -2.41. The Morgan fingerprint density at radius 3 is 2.47 bits per heavy atom. The Labute approximate surface area is 176 Å². The zero-order chi connectivity index (χ0) is 21.7. The summed E-state index contributed by atoms with van der Waals surface area (Å²) in [6.07, 6.45) is 1.54. The maximum Gasteiger partial charge on any atom is 0.338 e. The fraction of sp³-hybridized carbons (Fsp3) is 0.333. The molecule has 0 fully saturated rings. The molecule has 0 unspecified atom stereocenters. The molecular formula is C21H23N3O5S. The number of nitrogens with zero attached hydrogens (tertiary/aromatic N) is 2. The fourth-order valence-corrected chi connectivity index (χ4v) is 3.89. The van der Waals surface area contributed by atoms with E-state index >= 15 is 0 Å². The molecule has 1 aromatic carbocycles. The van der Waals surface area contributed by atoms with Crippen molar-refractivity contribution in [3.8, 4) is 0 Å². The van der Waals surface area contributed by atoms with Gasteiger partial charge >= 0.3 is 11.7 Å². The Hall–Kier alpha value is -3.20. The van der Waals surface area contributed by atoms with Crippen LogP contribution in [-0.4, -0.2) is 27.6 Å². The van der Waals surface area contributed by atoms with Crippen LogP contribution in [0.15, 0.2) is 45.3 Å². The molecule has 8 nitrogen and oxygen atoms in total. The number of nitrogens with one attached hydrogen (secondary N) is 1. The van der Waals surface area contributed by atoms with Gasteiger partial charge in [-0.25, -0.2) is 9.59 Å². The molecule has 3 aromatic rings. The number of hydrogen-bond acceptors (Lipinski definition) is 6. The van der Waals surface area contributed by atoms with E-state index in [1.807, 2.05) is 6.92 Å². The zero-order valence-corrected chi connectivity index (χ0v) is 17.7. The van der Waals surface area contributed by atoms with Crippen LogP contribution < -0.4 is 16.6 Å². The second-order valence-corrected chi connectivity index (χ2v) is 7.58. The summed E-state index contributed by atoms with van der Waals surface area (Å²) in [6, 6.07) is 7.97. The molecular weight excluding hydrogens is 406 g/mol. The minimum absolute atomic E-state index is 0.224. The average Bonchev–Trinajstić information content (AvgIpc) is 3.22. The summed E-state index contributed by atoms with van der Waals surface area (Å²) < 4.78 is 7.91. The third-order valence-electron chi connectivity index (χ3n) is 4.55. The standard InChI is InChI=1S/C21H23N3O5S/c1-3-5-11-23-19(26)18-16(10-12-30-18)24(21(23)28)13-17(25)22-15-8-6-14(7-9-15)20(27)29-4-2/h6-10,12H,3-5,11,13H2,1-2H3,(H,22,25). The highest BCUT2D eigenvalue weighted by atomic mass is 32.1. The van der Waals surface area contributed by atoms with Crippen molar-refractivity contribution < 1.29 is 14.3 Å². The van der Waals surface area contributed by atoms with Crippen molar-refractivity contribution >= 4 is 39.1 Å². The first-order valence-electron chi connectivity index (χ1n) is 9.74. The molecule has 0 bridgehead atoms. The molecule has 9 heteroatoms. The lowest BCUT2D eigenvalue weighted by Gasteiger charge is -2.12. The van der Waals surface area contributed by atoms with Crippen molar-refractivity contribution in [3.05, 3.63) is 62.1 Å². The number of anilines is 1. The number of amides is 1. The first-order chi connectivity index (χ1) is 14.5. The second kappa shape index (κ2) is 9.53. The normalized spacial score (nSPS) is 10.9. The summed E-state index contributed by atoms with van der Waals surface area (Å²) >= 11 is 1.26. The number of fused-ring (bicyclic) bond motifs is 1. The molecule has 0 aliphatic heterocycles. The van der Waals surface area contributed by atoms with Gasteiger partial charge in [-0.3, -0.25) is 18.7 Å². The molecule has 158 valence electrons. The van der Waals surface area contributed by atoms with Gasteiger partial charge in [-0.15, -0.1) is 11.3 Å². The minimum Gasteiger partial charge on any atom is -0.462 e. The van der Waals surface area contributed by atoms with Crippen LogP contribution in [0, 0.1) is 0 Å². The first-order valence-corrected chi connectivity index (χ1v) is 10.6. The van der Waals surface area contributed by atoms with Crippen molar-refractivity contribution in [3.63, 3.8) is 0 Å². The number of esters is 1. The van der Waals surface area contributed by atoms with E-state index in [0.29, 0.717) is 34.4 Å². The summed E-state index contributed by atoms with van der Waals surface area (Å²) in [5, 5.41) is 4.45. The molecule has 0 saturated heterocycles. The van der Waals surface area contributed by atoms with E-state index in [9.17, 15) is 19.2 Å². The van der Waals surface area contributed by atoms with Gasteiger partial charge in [0.25, 0.3) is 5.56 Å². The lowest BCUT2D eigenvalue weighted by atomic mass is 10.2. The number of rotatable bonds is 8. The molecule has 2 heterocycles. The molecule has 0 saturated carbocycles. The highest BCUT2D eigenvalue weighted by Gasteiger charge is 2.16. The average molecular weight is 429 g/mol. The summed E-state index contributed by atoms with van der Waals surface area (Å²) in [5.74, 6) is -0.842. The van der Waals surface area contributed by atoms with E-state index in [2.05, 4.69) is 5.32 Å². The predicted molar refractivity (Wildman–Crippen MR) is 116 cm³/mol. The van der Waals surface area contributed by atoms with Crippen molar-refractivity contribution in [2.24, 2.45) is 0 Å². The third kappa shape index (κ3) is 4.51. The molecule has 3 rings (SSSR count). The van der Waals surface area contributed by atoms with Gasteiger partial charge in [0.15, 0.2) is 0 Å². The number of hydrogen-bond donors (Lipinski definition) is 1. The largest absolute Gasteiger partial charge is 0.462 e. The van der Waals surface area contributed by atoms with Crippen molar-refractivity contribution in [1.29, 1.82) is 0 Å². The Bertz CT molecular complexity index is 1170. The van der Waals surface area contributed by atoms with Gasteiger partial charge < -0.3 is 10.1 Å². The smallest absolute Gasteiger partial charge is 0.338 e. The monoisotopic (exact) mass is 429 g/mol. The van der Waals surface area contributed by atoms with E-state index in [1.54, 1.807) is 42.6 Å². The van der Waals surface area contributed by atoms with Crippen LogP contribution in [0.5, 0.6) is 0 Å². The molecule has 0 radical (unpaired) electrons. The van der Waals surface area contributed by atoms with E-state index in [1.165, 1.54) is 20.5 Å². The lowest BCUT2D eigenvalue weighted by molar-refractivity contribution is -0.116. The van der Waals surface area contributed by atoms with Crippen molar-refractivity contribution in [1.82, 2.24) is 9.13 Å². The van der Waals surface area contributed by atoms with E-state index < -0.39 is 17.6 Å². The highest BCUT2D eigenvalue weighted by molar-refractivity contribution is 7.17. The number of carbonyl (C=O) groups is 2. The highest BCUT2D eigenvalue weighted by Crippen LogP contribution is 2.16. The Morgan fingerprint density at radius 1 is 1.07 bits per heavy atom. The number of carbonyl (C=O) groups excluding carboxylic acids is 2. The van der Waals surface area contributed by atoms with Crippen LogP contribution in [0.4, 0.5) is 5.69 Å². The number of aromatic nitrogens is 2. The van der Waals surface area contributed by atoms with Gasteiger partial charge in [0.1, 0.15) is 11.2 Å². The van der Waals surface area contributed by atoms with Crippen LogP contribution >= 0.6 is 11.3 Å². The summed E-state index contributed by atoms with van der Waals surface area (Å²) in [6.45, 7) is 4.08. The van der Waals surface area contributed by atoms with Crippen LogP contribution in [0.3, 0.4) is 0 Å². The zero-order valence-electron chi connectivity index (χ0n) is 16.8. The van der Waals surface area contributed by atoms with Gasteiger partial charge in [-0.05, 0) is 49.1 Å². The maximum absolute atomic E-state index is 12.9. The first kappa shape index (κ1) is 21.5. The quantitative estimate of drug-likeness (QED) is 0.555. The van der Waals surface area contributed by atoms with E-state index in [4.69, 9.17) is 4.74 Å². The topological polar surface area (TPSA) is 99.4 Å². The number of unbranched alkanes of at least 4 members (excludes halogenated alkanes) is 1. The van der Waals surface area contributed by atoms with Crippen LogP contribution in [0.25, 0.3) is 10.2 Å². The fourth-order valence-electron chi connectivity index (χ4n) is 3.05. The second-order valence-electron chi connectivity index (χ2n) is 6.66. The molecule has 0 aliphatic rings. The van der Waals surface area contributed by atoms with Gasteiger partial charge in [0, 0.05) is 12.2 Å². The molecule has 0 spiro atoms. The Kier molecular flexibility index (Phi) is 6.83. The Balaban J connectivity index is 1.83. The van der Waals surface area contributed by atoms with E-state index in [-0.39, 0.29) is 18.7 Å². The number of ether oxygens (including phenoxy) is 1. The summed E-state index contributed by atoms with van der Waals surface area (Å²) in [4.78, 5) is 49.8. The Morgan fingerprint density at radius 2 is 1.80 bits per heavy atom. The van der Waals surface area contributed by atoms with Gasteiger partial charge in [-0.2, -0.15) is 0 Å². The third-order valence-corrected chi connectivity index (χ3v) is 5.44.